The summed E-state index contributed by atoms with van der Waals surface area (Å²) in [5.41, 5.74) is 8.05. The van der Waals surface area contributed by atoms with E-state index in [2.05, 4.69) is 26.7 Å². The summed E-state index contributed by atoms with van der Waals surface area (Å²) in [6, 6.07) is -1.01. The standard InChI is InChI=1S/C10H16N4O4/c1-2-7-18-10(17)13-8(9(15)16)5-3-4-6-12-14-11/h2,8H,1,3-7H2,(H,13,17)(H,15,16)/t8-/m0/s1. The van der Waals surface area contributed by atoms with Crippen LogP contribution in [0.4, 0.5) is 4.79 Å². The Bertz CT molecular complexity index is 339. The Morgan fingerprint density at radius 1 is 1.56 bits per heavy atom. The molecular formula is C10H16N4O4. The zero-order valence-corrected chi connectivity index (χ0v) is 9.91. The second-order valence-electron chi connectivity index (χ2n) is 3.37. The van der Waals surface area contributed by atoms with E-state index in [0.717, 1.165) is 0 Å². The van der Waals surface area contributed by atoms with E-state index in [-0.39, 0.29) is 13.0 Å². The van der Waals surface area contributed by atoms with E-state index in [1.54, 1.807) is 0 Å². The molecule has 0 fully saturated rings. The van der Waals surface area contributed by atoms with Gasteiger partial charge in [-0.1, -0.05) is 24.2 Å². The van der Waals surface area contributed by atoms with Crippen molar-refractivity contribution in [2.24, 2.45) is 5.11 Å². The Hall–Kier alpha value is -2.21. The number of carbonyl (C=O) groups is 2. The van der Waals surface area contributed by atoms with Crippen LogP contribution < -0.4 is 5.32 Å². The van der Waals surface area contributed by atoms with Gasteiger partial charge in [-0.15, -0.1) is 0 Å². The first-order valence-electron chi connectivity index (χ1n) is 5.39. The predicted octanol–water partition coefficient (Wildman–Crippen LogP) is 1.83. The SMILES string of the molecule is C=CCOC(=O)N[C@@H](CCCCN=[N+]=[N-])C(=O)O. The molecule has 0 aromatic carbocycles. The van der Waals surface area contributed by atoms with Gasteiger partial charge in [0.1, 0.15) is 12.6 Å². The Kier molecular flexibility index (Phi) is 8.75. The Balaban J connectivity index is 3.98. The van der Waals surface area contributed by atoms with Crippen molar-refractivity contribution < 1.29 is 19.4 Å². The third-order valence-corrected chi connectivity index (χ3v) is 1.99. The number of unbranched alkanes of at least 4 members (excludes halogenated alkanes) is 1. The molecule has 0 spiro atoms. The molecule has 0 radical (unpaired) electrons. The molecule has 1 amide bonds. The zero-order valence-electron chi connectivity index (χ0n) is 9.91. The third-order valence-electron chi connectivity index (χ3n) is 1.99. The molecule has 0 bridgehead atoms. The quantitative estimate of drug-likeness (QED) is 0.214. The number of nitrogens with zero attached hydrogens (tertiary/aromatic N) is 3. The van der Waals surface area contributed by atoms with Gasteiger partial charge in [0.25, 0.3) is 0 Å². The second kappa shape index (κ2) is 9.98. The van der Waals surface area contributed by atoms with Gasteiger partial charge < -0.3 is 15.2 Å². The van der Waals surface area contributed by atoms with Crippen molar-refractivity contribution in [1.82, 2.24) is 5.32 Å². The molecule has 0 heterocycles. The van der Waals surface area contributed by atoms with E-state index in [1.165, 1.54) is 6.08 Å². The van der Waals surface area contributed by atoms with E-state index < -0.39 is 18.1 Å². The minimum Gasteiger partial charge on any atom is -0.480 e. The largest absolute Gasteiger partial charge is 0.480 e. The number of ether oxygens (including phenoxy) is 1. The number of azide groups is 1. The van der Waals surface area contributed by atoms with Gasteiger partial charge in [-0.3, -0.25) is 0 Å². The lowest BCUT2D eigenvalue weighted by Crippen LogP contribution is -2.41. The van der Waals surface area contributed by atoms with Crippen LogP contribution in [0.25, 0.3) is 10.4 Å². The summed E-state index contributed by atoms with van der Waals surface area (Å²) in [7, 11) is 0. The van der Waals surface area contributed by atoms with Gasteiger partial charge in [0.15, 0.2) is 0 Å². The first-order valence-corrected chi connectivity index (χ1v) is 5.39. The fourth-order valence-corrected chi connectivity index (χ4v) is 1.15. The zero-order chi connectivity index (χ0) is 13.8. The molecular weight excluding hydrogens is 240 g/mol. The number of carbonyl (C=O) groups excluding carboxylic acids is 1. The summed E-state index contributed by atoms with van der Waals surface area (Å²) >= 11 is 0. The maximum absolute atomic E-state index is 11.1. The summed E-state index contributed by atoms with van der Waals surface area (Å²) in [6.07, 6.45) is 1.93. The Morgan fingerprint density at radius 3 is 2.83 bits per heavy atom. The fourth-order valence-electron chi connectivity index (χ4n) is 1.15. The van der Waals surface area contributed by atoms with Crippen LogP contribution in [0.1, 0.15) is 19.3 Å². The number of aliphatic carboxylic acids is 1. The van der Waals surface area contributed by atoms with Crippen LogP contribution in [0.2, 0.25) is 0 Å². The molecule has 0 aromatic heterocycles. The molecule has 0 aliphatic carbocycles. The summed E-state index contributed by atoms with van der Waals surface area (Å²) in [6.45, 7) is 3.70. The Labute approximate surface area is 104 Å². The molecule has 0 aromatic rings. The van der Waals surface area contributed by atoms with Gasteiger partial charge in [0.05, 0.1) is 0 Å². The van der Waals surface area contributed by atoms with E-state index in [0.29, 0.717) is 19.4 Å². The van der Waals surface area contributed by atoms with Gasteiger partial charge in [0, 0.05) is 11.5 Å². The van der Waals surface area contributed by atoms with Crippen LogP contribution in [0.5, 0.6) is 0 Å². The maximum atomic E-state index is 11.1. The Morgan fingerprint density at radius 2 is 2.28 bits per heavy atom. The number of carboxylic acid groups (broad SMARTS) is 1. The number of rotatable bonds is 9. The minimum absolute atomic E-state index is 0.0229. The van der Waals surface area contributed by atoms with Gasteiger partial charge >= 0.3 is 12.1 Å². The normalized spacial score (nSPS) is 10.9. The summed E-state index contributed by atoms with van der Waals surface area (Å²) < 4.78 is 4.62. The molecule has 8 heteroatoms. The minimum atomic E-state index is -1.13. The lowest BCUT2D eigenvalue weighted by atomic mass is 10.1. The molecule has 1 atom stereocenters. The number of amides is 1. The van der Waals surface area contributed by atoms with Crippen LogP contribution in [0.15, 0.2) is 17.8 Å². The third kappa shape index (κ3) is 8.00. The molecule has 0 aliphatic heterocycles. The molecule has 0 aliphatic rings. The van der Waals surface area contributed by atoms with Gasteiger partial charge in [-0.25, -0.2) is 9.59 Å². The second-order valence-corrected chi connectivity index (χ2v) is 3.37. The number of hydrogen-bond donors (Lipinski definition) is 2. The van der Waals surface area contributed by atoms with Crippen molar-refractivity contribution in [3.05, 3.63) is 23.1 Å². The molecule has 8 nitrogen and oxygen atoms in total. The lowest BCUT2D eigenvalue weighted by molar-refractivity contribution is -0.139. The van der Waals surface area contributed by atoms with Crippen molar-refractivity contribution in [1.29, 1.82) is 0 Å². The smallest absolute Gasteiger partial charge is 0.408 e. The first-order chi connectivity index (χ1) is 8.61. The molecule has 100 valence electrons. The average Bonchev–Trinajstić information content (AvgIpc) is 2.34. The molecule has 0 unspecified atom stereocenters. The highest BCUT2D eigenvalue weighted by Crippen LogP contribution is 2.02. The first kappa shape index (κ1) is 15.8. The van der Waals surface area contributed by atoms with Crippen molar-refractivity contribution in [2.45, 2.75) is 25.3 Å². The van der Waals surface area contributed by atoms with Crippen LogP contribution in [0.3, 0.4) is 0 Å². The predicted molar refractivity (Wildman–Crippen MR) is 64.0 cm³/mol. The molecule has 2 N–H and O–H groups in total. The fraction of sp³-hybridized carbons (Fsp3) is 0.600. The van der Waals surface area contributed by atoms with Crippen molar-refractivity contribution >= 4 is 12.1 Å². The van der Waals surface area contributed by atoms with Crippen molar-refractivity contribution in [2.75, 3.05) is 13.2 Å². The van der Waals surface area contributed by atoms with E-state index in [9.17, 15) is 9.59 Å². The van der Waals surface area contributed by atoms with Crippen molar-refractivity contribution in [3.63, 3.8) is 0 Å². The molecule has 18 heavy (non-hydrogen) atoms. The van der Waals surface area contributed by atoms with E-state index in [1.807, 2.05) is 0 Å². The van der Waals surface area contributed by atoms with Crippen LogP contribution in [-0.2, 0) is 9.53 Å². The lowest BCUT2D eigenvalue weighted by Gasteiger charge is -2.13. The number of alkyl carbamates (subject to hydrolysis) is 1. The highest BCUT2D eigenvalue weighted by Gasteiger charge is 2.19. The van der Waals surface area contributed by atoms with Crippen LogP contribution in [0, 0.1) is 0 Å². The van der Waals surface area contributed by atoms with E-state index >= 15 is 0 Å². The van der Waals surface area contributed by atoms with E-state index in [4.69, 9.17) is 10.6 Å². The van der Waals surface area contributed by atoms with Gasteiger partial charge in [-0.2, -0.15) is 0 Å². The number of nitrogens with one attached hydrogen (secondary N) is 1. The van der Waals surface area contributed by atoms with Crippen LogP contribution in [-0.4, -0.2) is 36.4 Å². The maximum Gasteiger partial charge on any atom is 0.408 e. The van der Waals surface area contributed by atoms with Gasteiger partial charge in [0.2, 0.25) is 0 Å². The highest BCUT2D eigenvalue weighted by atomic mass is 16.5. The monoisotopic (exact) mass is 256 g/mol. The molecule has 0 saturated heterocycles. The van der Waals surface area contributed by atoms with Gasteiger partial charge in [-0.05, 0) is 18.4 Å². The molecule has 0 rings (SSSR count). The highest BCUT2D eigenvalue weighted by molar-refractivity contribution is 5.79. The topological polar surface area (TPSA) is 124 Å². The average molecular weight is 256 g/mol. The summed E-state index contributed by atoms with van der Waals surface area (Å²) in [4.78, 5) is 24.6. The van der Waals surface area contributed by atoms with Crippen molar-refractivity contribution in [3.8, 4) is 0 Å². The number of hydrogen-bond acceptors (Lipinski definition) is 4. The summed E-state index contributed by atoms with van der Waals surface area (Å²) in [5.74, 6) is -1.13. The van der Waals surface area contributed by atoms with Crippen LogP contribution >= 0.6 is 0 Å². The summed E-state index contributed by atoms with van der Waals surface area (Å²) in [5, 5.41) is 14.4. The number of carboxylic acids is 1. The molecule has 0 saturated carbocycles.